The molecule has 2 aromatic carbocycles. The van der Waals surface area contributed by atoms with Crippen molar-refractivity contribution in [3.8, 4) is 17.2 Å². The maximum Gasteiger partial charge on any atom is 0.324 e. The highest BCUT2D eigenvalue weighted by Crippen LogP contribution is 2.33. The first-order valence-corrected chi connectivity index (χ1v) is 11.7. The van der Waals surface area contributed by atoms with E-state index >= 15 is 0 Å². The second kappa shape index (κ2) is 10.7. The van der Waals surface area contributed by atoms with Crippen LogP contribution in [0.25, 0.3) is 0 Å². The summed E-state index contributed by atoms with van der Waals surface area (Å²) in [7, 11) is 4.79. The predicted molar refractivity (Wildman–Crippen MR) is 129 cm³/mol. The summed E-state index contributed by atoms with van der Waals surface area (Å²) in [4.78, 5) is 41.1. The van der Waals surface area contributed by atoms with E-state index in [0.717, 1.165) is 28.9 Å². The fourth-order valence-corrected chi connectivity index (χ4v) is 4.54. The Morgan fingerprint density at radius 1 is 1.00 bits per heavy atom. The summed E-state index contributed by atoms with van der Waals surface area (Å²) in [5.41, 5.74) is 3.17. The predicted octanol–water partition coefficient (Wildman–Crippen LogP) is 2.54. The number of amides is 4. The van der Waals surface area contributed by atoms with Gasteiger partial charge in [-0.15, -0.1) is 0 Å². The van der Waals surface area contributed by atoms with Gasteiger partial charge in [0.1, 0.15) is 11.8 Å². The Balaban J connectivity index is 1.29. The topological polar surface area (TPSA) is 97.4 Å². The minimum absolute atomic E-state index is 0.0378. The van der Waals surface area contributed by atoms with Crippen LogP contribution in [-0.4, -0.2) is 68.1 Å². The molecule has 1 N–H and O–H groups in total. The average Bonchev–Trinajstić information content (AvgIpc) is 3.16. The molecule has 2 heterocycles. The maximum absolute atomic E-state index is 12.9. The molecular formula is C26H31N3O6. The van der Waals surface area contributed by atoms with Crippen LogP contribution in [0.2, 0.25) is 0 Å². The third-order valence-corrected chi connectivity index (χ3v) is 6.61. The van der Waals surface area contributed by atoms with Gasteiger partial charge in [0.05, 0.1) is 21.3 Å². The van der Waals surface area contributed by atoms with Crippen LogP contribution in [-0.2, 0) is 29.0 Å². The van der Waals surface area contributed by atoms with Crippen molar-refractivity contribution in [3.05, 3.63) is 53.1 Å². The van der Waals surface area contributed by atoms with E-state index in [-0.39, 0.29) is 31.2 Å². The molecule has 35 heavy (non-hydrogen) atoms. The monoisotopic (exact) mass is 481 g/mol. The number of nitrogens with zero attached hydrogens (tertiary/aromatic N) is 2. The zero-order valence-electron chi connectivity index (χ0n) is 20.3. The van der Waals surface area contributed by atoms with Gasteiger partial charge in [0.2, 0.25) is 5.91 Å². The van der Waals surface area contributed by atoms with E-state index < -0.39 is 12.1 Å². The third-order valence-electron chi connectivity index (χ3n) is 6.61. The Morgan fingerprint density at radius 3 is 2.34 bits per heavy atom. The van der Waals surface area contributed by atoms with Crippen molar-refractivity contribution in [2.24, 2.45) is 0 Å². The van der Waals surface area contributed by atoms with Crippen LogP contribution in [0.1, 0.15) is 29.5 Å². The highest BCUT2D eigenvalue weighted by molar-refractivity contribution is 6.04. The number of hydrogen-bond donors (Lipinski definition) is 1. The first kappa shape index (κ1) is 24.4. The number of imide groups is 1. The van der Waals surface area contributed by atoms with Crippen molar-refractivity contribution in [1.29, 1.82) is 0 Å². The second-order valence-corrected chi connectivity index (χ2v) is 8.67. The van der Waals surface area contributed by atoms with E-state index in [1.54, 1.807) is 26.2 Å². The Bertz CT molecular complexity index is 1100. The lowest BCUT2D eigenvalue weighted by Gasteiger charge is -2.30. The highest BCUT2D eigenvalue weighted by atomic mass is 16.5. The molecule has 0 spiro atoms. The highest BCUT2D eigenvalue weighted by Gasteiger charge is 2.38. The third kappa shape index (κ3) is 5.34. The van der Waals surface area contributed by atoms with E-state index in [1.807, 2.05) is 36.4 Å². The summed E-state index contributed by atoms with van der Waals surface area (Å²) in [6, 6.07) is 10.3. The summed E-state index contributed by atoms with van der Waals surface area (Å²) in [6.45, 7) is 1.36. The Labute approximate surface area is 204 Å². The fourth-order valence-electron chi connectivity index (χ4n) is 4.54. The molecule has 0 radical (unpaired) electrons. The number of carbonyl (C=O) groups is 3. The van der Waals surface area contributed by atoms with Crippen LogP contribution in [0.15, 0.2) is 36.4 Å². The number of hydrogen-bond acceptors (Lipinski definition) is 6. The maximum atomic E-state index is 12.9. The molecule has 1 fully saturated rings. The van der Waals surface area contributed by atoms with Gasteiger partial charge in [0, 0.05) is 26.1 Å². The Morgan fingerprint density at radius 2 is 1.69 bits per heavy atom. The molecule has 1 saturated heterocycles. The minimum atomic E-state index is -0.677. The summed E-state index contributed by atoms with van der Waals surface area (Å²) < 4.78 is 15.9. The average molecular weight is 482 g/mol. The molecule has 4 amide bonds. The Hall–Kier alpha value is -3.75. The molecule has 9 heteroatoms. The van der Waals surface area contributed by atoms with Gasteiger partial charge in [-0.05, 0) is 60.2 Å². The normalized spacial score (nSPS) is 17.2. The number of fused-ring (bicyclic) bond motifs is 1. The molecule has 0 aromatic heterocycles. The van der Waals surface area contributed by atoms with Crippen molar-refractivity contribution >= 4 is 17.8 Å². The zero-order valence-corrected chi connectivity index (χ0v) is 20.3. The summed E-state index contributed by atoms with van der Waals surface area (Å²) in [5.74, 6) is 1.75. The first-order valence-electron chi connectivity index (χ1n) is 11.7. The number of urea groups is 1. The van der Waals surface area contributed by atoms with Crippen molar-refractivity contribution in [1.82, 2.24) is 15.1 Å². The number of benzene rings is 2. The molecule has 9 nitrogen and oxygen atoms in total. The molecular weight excluding hydrogens is 450 g/mol. The van der Waals surface area contributed by atoms with Crippen molar-refractivity contribution in [2.75, 3.05) is 34.4 Å². The van der Waals surface area contributed by atoms with Crippen LogP contribution < -0.4 is 19.5 Å². The van der Waals surface area contributed by atoms with Crippen LogP contribution in [0.5, 0.6) is 17.2 Å². The van der Waals surface area contributed by atoms with Crippen LogP contribution >= 0.6 is 0 Å². The SMILES string of the molecule is COc1ccc(CCN2C(=O)N[C@@H](CCC(=O)N3CCc4cc(OC)c(OC)cc4C3)C2=O)cc1. The number of carbonyl (C=O) groups excluding carboxylic acids is 3. The van der Waals surface area contributed by atoms with E-state index in [0.29, 0.717) is 31.0 Å². The molecule has 4 rings (SSSR count). The molecule has 1 atom stereocenters. The van der Waals surface area contributed by atoms with Gasteiger partial charge in [0.25, 0.3) is 5.91 Å². The summed E-state index contributed by atoms with van der Waals surface area (Å²) >= 11 is 0. The zero-order chi connectivity index (χ0) is 24.9. The molecule has 0 bridgehead atoms. The van der Waals surface area contributed by atoms with Crippen molar-refractivity contribution in [2.45, 2.75) is 38.3 Å². The van der Waals surface area contributed by atoms with Crippen LogP contribution in [0.4, 0.5) is 4.79 Å². The molecule has 0 saturated carbocycles. The van der Waals surface area contributed by atoms with Gasteiger partial charge in [-0.25, -0.2) is 4.79 Å². The van der Waals surface area contributed by atoms with Gasteiger partial charge in [-0.2, -0.15) is 0 Å². The number of rotatable bonds is 9. The van der Waals surface area contributed by atoms with Crippen LogP contribution in [0, 0.1) is 0 Å². The number of nitrogens with one attached hydrogen (secondary N) is 1. The number of methoxy groups -OCH3 is 3. The standard InChI is InChI=1S/C26H31N3O6/c1-33-20-6-4-17(5-7-20)10-13-29-25(31)21(27-26(29)32)8-9-24(30)28-12-11-18-14-22(34-2)23(35-3)15-19(18)16-28/h4-7,14-15,21H,8-13,16H2,1-3H3,(H,27,32)/t21-/m0/s1. The quantitative estimate of drug-likeness (QED) is 0.553. The van der Waals surface area contributed by atoms with E-state index in [1.165, 1.54) is 4.90 Å². The molecule has 2 aliphatic heterocycles. The molecule has 0 unspecified atom stereocenters. The molecule has 2 aromatic rings. The van der Waals surface area contributed by atoms with E-state index in [2.05, 4.69) is 5.32 Å². The molecule has 2 aliphatic rings. The largest absolute Gasteiger partial charge is 0.497 e. The lowest BCUT2D eigenvalue weighted by Crippen LogP contribution is -2.37. The first-order chi connectivity index (χ1) is 16.9. The lowest BCUT2D eigenvalue weighted by atomic mass is 9.98. The van der Waals surface area contributed by atoms with Gasteiger partial charge in [-0.1, -0.05) is 12.1 Å². The number of ether oxygens (including phenoxy) is 3. The van der Waals surface area contributed by atoms with Gasteiger partial charge >= 0.3 is 6.03 Å². The van der Waals surface area contributed by atoms with Crippen LogP contribution in [0.3, 0.4) is 0 Å². The van der Waals surface area contributed by atoms with E-state index in [9.17, 15) is 14.4 Å². The Kier molecular flexibility index (Phi) is 7.43. The smallest absolute Gasteiger partial charge is 0.324 e. The van der Waals surface area contributed by atoms with E-state index in [4.69, 9.17) is 14.2 Å². The lowest BCUT2D eigenvalue weighted by molar-refractivity contribution is -0.132. The minimum Gasteiger partial charge on any atom is -0.497 e. The second-order valence-electron chi connectivity index (χ2n) is 8.67. The van der Waals surface area contributed by atoms with Crippen molar-refractivity contribution < 1.29 is 28.6 Å². The van der Waals surface area contributed by atoms with Crippen molar-refractivity contribution in [3.63, 3.8) is 0 Å². The summed E-state index contributed by atoms with van der Waals surface area (Å²) in [6.07, 6.45) is 1.74. The molecule has 0 aliphatic carbocycles. The van der Waals surface area contributed by atoms with Gasteiger partial charge in [0.15, 0.2) is 11.5 Å². The summed E-state index contributed by atoms with van der Waals surface area (Å²) in [5, 5.41) is 2.73. The molecule has 186 valence electrons. The fraction of sp³-hybridized carbons (Fsp3) is 0.423. The van der Waals surface area contributed by atoms with Gasteiger partial charge < -0.3 is 24.4 Å². The van der Waals surface area contributed by atoms with Gasteiger partial charge in [-0.3, -0.25) is 14.5 Å².